The molecule has 18 heavy (non-hydrogen) atoms. The Hall–Kier alpha value is -2.23. The predicted molar refractivity (Wildman–Crippen MR) is 71.3 cm³/mol. The van der Waals surface area contributed by atoms with Crippen molar-refractivity contribution in [3.63, 3.8) is 0 Å². The van der Waals surface area contributed by atoms with Crippen molar-refractivity contribution in [2.45, 2.75) is 6.92 Å². The fourth-order valence-electron chi connectivity index (χ4n) is 2.03. The lowest BCUT2D eigenvalue weighted by Crippen LogP contribution is -2.07. The van der Waals surface area contributed by atoms with Crippen molar-refractivity contribution in [1.82, 2.24) is 4.57 Å². The fraction of sp³-hybridized carbons (Fsp3) is 0.214. The number of nitrogens with two attached hydrogens (primary N) is 1. The zero-order chi connectivity index (χ0) is 13.3. The van der Waals surface area contributed by atoms with Gasteiger partial charge in [-0.1, -0.05) is 0 Å². The molecule has 0 aliphatic carbocycles. The minimum atomic E-state index is -0.414. The zero-order valence-electron chi connectivity index (χ0n) is 10.7. The average molecular weight is 244 g/mol. The second-order valence-electron chi connectivity index (χ2n) is 4.25. The smallest absolute Gasteiger partial charge is 0.339 e. The lowest BCUT2D eigenvalue weighted by Gasteiger charge is -2.11. The first kappa shape index (κ1) is 12.2. The van der Waals surface area contributed by atoms with Crippen LogP contribution in [0.15, 0.2) is 30.5 Å². The van der Waals surface area contributed by atoms with Crippen LogP contribution in [0, 0.1) is 6.92 Å². The average Bonchev–Trinajstić information content (AvgIpc) is 2.75. The molecule has 4 heteroatoms. The van der Waals surface area contributed by atoms with Gasteiger partial charge < -0.3 is 15.0 Å². The van der Waals surface area contributed by atoms with Gasteiger partial charge in [-0.15, -0.1) is 0 Å². The largest absolute Gasteiger partial charge is 0.465 e. The standard InChI is InChI=1S/C14H16N2O2/c1-9-7-12(15)11(14(17)18-3)8-10(9)13-5-4-6-16(13)2/h4-8H,15H2,1-3H3. The molecule has 0 aliphatic rings. The molecule has 2 rings (SSSR count). The van der Waals surface area contributed by atoms with Gasteiger partial charge in [0.25, 0.3) is 0 Å². The lowest BCUT2D eigenvalue weighted by atomic mass is 10.0. The van der Waals surface area contributed by atoms with E-state index in [9.17, 15) is 4.79 Å². The fourth-order valence-corrected chi connectivity index (χ4v) is 2.03. The van der Waals surface area contributed by atoms with Crippen molar-refractivity contribution in [1.29, 1.82) is 0 Å². The highest BCUT2D eigenvalue weighted by molar-refractivity contribution is 5.97. The Balaban J connectivity index is 2.62. The number of methoxy groups -OCH3 is 1. The van der Waals surface area contributed by atoms with Crippen LogP contribution in [0.25, 0.3) is 11.3 Å². The number of nitrogens with zero attached hydrogens (tertiary/aromatic N) is 1. The molecule has 0 spiro atoms. The molecule has 1 aromatic carbocycles. The van der Waals surface area contributed by atoms with Gasteiger partial charge in [-0.05, 0) is 36.8 Å². The van der Waals surface area contributed by atoms with Crippen LogP contribution >= 0.6 is 0 Å². The van der Waals surface area contributed by atoms with Gasteiger partial charge in [0.05, 0.1) is 12.7 Å². The molecular weight excluding hydrogens is 228 g/mol. The topological polar surface area (TPSA) is 57.2 Å². The second-order valence-corrected chi connectivity index (χ2v) is 4.25. The van der Waals surface area contributed by atoms with E-state index in [1.54, 1.807) is 12.1 Å². The Morgan fingerprint density at radius 1 is 1.39 bits per heavy atom. The molecule has 0 atom stereocenters. The molecule has 0 aliphatic heterocycles. The van der Waals surface area contributed by atoms with Crippen molar-refractivity contribution < 1.29 is 9.53 Å². The first-order valence-corrected chi connectivity index (χ1v) is 5.64. The number of hydrogen-bond acceptors (Lipinski definition) is 3. The van der Waals surface area contributed by atoms with Crippen LogP contribution in [0.4, 0.5) is 5.69 Å². The summed E-state index contributed by atoms with van der Waals surface area (Å²) in [7, 11) is 3.31. The molecule has 0 bridgehead atoms. The Labute approximate surface area is 106 Å². The highest BCUT2D eigenvalue weighted by Crippen LogP contribution is 2.28. The Kier molecular flexibility index (Phi) is 3.10. The van der Waals surface area contributed by atoms with Crippen LogP contribution < -0.4 is 5.73 Å². The summed E-state index contributed by atoms with van der Waals surface area (Å²) in [5, 5.41) is 0. The number of carbonyl (C=O) groups is 1. The highest BCUT2D eigenvalue weighted by Gasteiger charge is 2.14. The van der Waals surface area contributed by atoms with E-state index in [2.05, 4.69) is 0 Å². The first-order chi connectivity index (χ1) is 8.54. The van der Waals surface area contributed by atoms with E-state index in [-0.39, 0.29) is 0 Å². The minimum Gasteiger partial charge on any atom is -0.465 e. The maximum atomic E-state index is 11.6. The summed E-state index contributed by atoms with van der Waals surface area (Å²) in [6.07, 6.45) is 1.96. The minimum absolute atomic E-state index is 0.402. The molecule has 0 saturated carbocycles. The molecule has 94 valence electrons. The highest BCUT2D eigenvalue weighted by atomic mass is 16.5. The third-order valence-corrected chi connectivity index (χ3v) is 3.02. The van der Waals surface area contributed by atoms with E-state index < -0.39 is 5.97 Å². The van der Waals surface area contributed by atoms with Gasteiger partial charge in [-0.3, -0.25) is 0 Å². The van der Waals surface area contributed by atoms with Crippen LogP contribution in [0.1, 0.15) is 15.9 Å². The van der Waals surface area contributed by atoms with Gasteiger partial charge in [0.15, 0.2) is 0 Å². The predicted octanol–water partition coefficient (Wildman–Crippen LogP) is 2.37. The van der Waals surface area contributed by atoms with Crippen molar-refractivity contribution in [2.24, 2.45) is 7.05 Å². The number of nitrogen functional groups attached to an aromatic ring is 1. The monoisotopic (exact) mass is 244 g/mol. The molecular formula is C14H16N2O2. The van der Waals surface area contributed by atoms with E-state index in [1.807, 2.05) is 36.9 Å². The van der Waals surface area contributed by atoms with Crippen LogP contribution in [0.2, 0.25) is 0 Å². The first-order valence-electron chi connectivity index (χ1n) is 5.64. The Morgan fingerprint density at radius 3 is 2.67 bits per heavy atom. The Morgan fingerprint density at radius 2 is 2.11 bits per heavy atom. The zero-order valence-corrected chi connectivity index (χ0v) is 10.7. The molecule has 1 aromatic heterocycles. The third kappa shape index (κ3) is 1.97. The number of aromatic nitrogens is 1. The van der Waals surface area contributed by atoms with Crippen molar-refractivity contribution >= 4 is 11.7 Å². The number of benzene rings is 1. The van der Waals surface area contributed by atoms with Crippen LogP contribution in [0.3, 0.4) is 0 Å². The van der Waals surface area contributed by atoms with E-state index in [1.165, 1.54) is 7.11 Å². The maximum absolute atomic E-state index is 11.6. The van der Waals surface area contributed by atoms with Crippen LogP contribution in [-0.4, -0.2) is 17.6 Å². The summed E-state index contributed by atoms with van der Waals surface area (Å²) < 4.78 is 6.73. The van der Waals surface area contributed by atoms with Crippen LogP contribution in [0.5, 0.6) is 0 Å². The van der Waals surface area contributed by atoms with Gasteiger partial charge in [0.1, 0.15) is 0 Å². The molecule has 2 N–H and O–H groups in total. The summed E-state index contributed by atoms with van der Waals surface area (Å²) >= 11 is 0. The quantitative estimate of drug-likeness (QED) is 0.651. The lowest BCUT2D eigenvalue weighted by molar-refractivity contribution is 0.0602. The SMILES string of the molecule is COC(=O)c1cc(-c2cccn2C)c(C)cc1N. The van der Waals surface area contributed by atoms with Gasteiger partial charge in [-0.2, -0.15) is 0 Å². The molecule has 0 amide bonds. The maximum Gasteiger partial charge on any atom is 0.339 e. The number of hydrogen-bond donors (Lipinski definition) is 1. The number of ether oxygens (including phenoxy) is 1. The number of aryl methyl sites for hydroxylation is 2. The van der Waals surface area contributed by atoms with Gasteiger partial charge in [0.2, 0.25) is 0 Å². The molecule has 0 fully saturated rings. The molecule has 0 unspecified atom stereocenters. The summed E-state index contributed by atoms with van der Waals surface area (Å²) in [4.78, 5) is 11.6. The Bertz CT molecular complexity index is 600. The second kappa shape index (κ2) is 4.56. The van der Waals surface area contributed by atoms with Crippen LogP contribution in [-0.2, 0) is 11.8 Å². The molecule has 0 radical (unpaired) electrons. The molecule has 2 aromatic rings. The number of carbonyl (C=O) groups excluding carboxylic acids is 1. The van der Waals surface area contributed by atoms with Crippen molar-refractivity contribution in [3.8, 4) is 11.3 Å². The van der Waals surface area contributed by atoms with Crippen molar-refractivity contribution in [3.05, 3.63) is 41.6 Å². The van der Waals surface area contributed by atoms with Gasteiger partial charge in [0, 0.05) is 30.2 Å². The van der Waals surface area contributed by atoms with Crippen molar-refractivity contribution in [2.75, 3.05) is 12.8 Å². The number of rotatable bonds is 2. The summed E-state index contributed by atoms with van der Waals surface area (Å²) in [5.74, 6) is -0.414. The van der Waals surface area contributed by atoms with E-state index in [0.717, 1.165) is 16.8 Å². The van der Waals surface area contributed by atoms with E-state index in [0.29, 0.717) is 11.3 Å². The van der Waals surface area contributed by atoms with Gasteiger partial charge >= 0.3 is 5.97 Å². The summed E-state index contributed by atoms with van der Waals surface area (Å²) in [6.45, 7) is 1.97. The van der Waals surface area contributed by atoms with E-state index in [4.69, 9.17) is 10.5 Å². The summed E-state index contributed by atoms with van der Waals surface area (Å²) in [6, 6.07) is 7.54. The third-order valence-electron chi connectivity index (χ3n) is 3.02. The molecule has 0 saturated heterocycles. The van der Waals surface area contributed by atoms with Gasteiger partial charge in [-0.25, -0.2) is 4.79 Å². The number of esters is 1. The molecule has 1 heterocycles. The molecule has 4 nitrogen and oxygen atoms in total. The summed E-state index contributed by atoms with van der Waals surface area (Å²) in [5.41, 5.74) is 9.75. The van der Waals surface area contributed by atoms with E-state index >= 15 is 0 Å². The normalized spacial score (nSPS) is 10.4. The number of anilines is 1.